The second-order valence-electron chi connectivity index (χ2n) is 6.58. The highest BCUT2D eigenvalue weighted by Gasteiger charge is 2.21. The molecule has 0 aliphatic rings. The monoisotopic (exact) mass is 424 g/mol. The number of halogens is 1. The molecule has 0 atom stereocenters. The molecule has 1 heterocycles. The van der Waals surface area contributed by atoms with E-state index in [-0.39, 0.29) is 22.8 Å². The van der Waals surface area contributed by atoms with Crippen LogP contribution in [0.1, 0.15) is 25.6 Å². The molecule has 8 heteroatoms. The minimum absolute atomic E-state index is 0.0218. The standard InChI is InChI=1S/C22H17FN2O4S/c1-29-11-15-19-16(23)7-4-8-18(19)30-20(15)22(28)25-24-21(27)14-9-12-5-2-3-6-13(12)10-17(14)26/h2-10,26H,11H2,1H3,(H,24,27)(H,25,28). The Hall–Kier alpha value is -3.49. The molecule has 0 aliphatic heterocycles. The molecule has 0 saturated carbocycles. The molecule has 1 aromatic heterocycles. The zero-order valence-corrected chi connectivity index (χ0v) is 16.7. The Morgan fingerprint density at radius 1 is 1.03 bits per heavy atom. The first-order chi connectivity index (χ1) is 14.5. The quantitative estimate of drug-likeness (QED) is 0.430. The van der Waals surface area contributed by atoms with Gasteiger partial charge < -0.3 is 9.84 Å². The summed E-state index contributed by atoms with van der Waals surface area (Å²) in [6.07, 6.45) is 0. The number of benzene rings is 3. The van der Waals surface area contributed by atoms with Crippen molar-refractivity contribution in [2.24, 2.45) is 0 Å². The number of nitrogens with one attached hydrogen (secondary N) is 2. The van der Waals surface area contributed by atoms with Gasteiger partial charge in [0.1, 0.15) is 16.4 Å². The fourth-order valence-corrected chi connectivity index (χ4v) is 4.40. The number of phenolic OH excluding ortho intramolecular Hbond substituents is 1. The Morgan fingerprint density at radius 3 is 2.47 bits per heavy atom. The Balaban J connectivity index is 1.58. The van der Waals surface area contributed by atoms with Crippen molar-refractivity contribution in [3.05, 3.63) is 76.4 Å². The van der Waals surface area contributed by atoms with E-state index in [9.17, 15) is 19.1 Å². The van der Waals surface area contributed by atoms with Crippen molar-refractivity contribution in [3.8, 4) is 5.75 Å². The van der Waals surface area contributed by atoms with Crippen molar-refractivity contribution in [1.29, 1.82) is 0 Å². The van der Waals surface area contributed by atoms with Crippen LogP contribution in [0.5, 0.6) is 5.75 Å². The second kappa shape index (κ2) is 8.10. The van der Waals surface area contributed by atoms with Crippen LogP contribution in [0.3, 0.4) is 0 Å². The molecule has 0 saturated heterocycles. The van der Waals surface area contributed by atoms with Gasteiger partial charge in [-0.25, -0.2) is 4.39 Å². The summed E-state index contributed by atoms with van der Waals surface area (Å²) in [5.41, 5.74) is 5.07. The van der Waals surface area contributed by atoms with Gasteiger partial charge in [0.2, 0.25) is 0 Å². The van der Waals surface area contributed by atoms with Crippen LogP contribution in [0.4, 0.5) is 4.39 Å². The number of hydrogen-bond donors (Lipinski definition) is 3. The van der Waals surface area contributed by atoms with Crippen molar-refractivity contribution in [2.45, 2.75) is 6.61 Å². The average Bonchev–Trinajstić information content (AvgIpc) is 3.11. The molecule has 0 fully saturated rings. The van der Waals surface area contributed by atoms with Gasteiger partial charge >= 0.3 is 0 Å². The Kier molecular flexibility index (Phi) is 5.35. The van der Waals surface area contributed by atoms with Gasteiger partial charge in [0.05, 0.1) is 12.2 Å². The lowest BCUT2D eigenvalue weighted by Crippen LogP contribution is -2.41. The molecular weight excluding hydrogens is 407 g/mol. The van der Waals surface area contributed by atoms with Gasteiger partial charge in [-0.05, 0) is 35.0 Å². The van der Waals surface area contributed by atoms with E-state index in [0.717, 1.165) is 22.1 Å². The number of amides is 2. The van der Waals surface area contributed by atoms with E-state index < -0.39 is 17.6 Å². The molecule has 3 aromatic carbocycles. The number of methoxy groups -OCH3 is 1. The summed E-state index contributed by atoms with van der Waals surface area (Å²) in [6.45, 7) is 0.0447. The first kappa shape index (κ1) is 19.8. The first-order valence-electron chi connectivity index (χ1n) is 9.01. The van der Waals surface area contributed by atoms with Gasteiger partial charge in [0.25, 0.3) is 11.8 Å². The second-order valence-corrected chi connectivity index (χ2v) is 7.63. The van der Waals surface area contributed by atoms with Crippen LogP contribution in [0.2, 0.25) is 0 Å². The number of thiophene rings is 1. The lowest BCUT2D eigenvalue weighted by Gasteiger charge is -2.10. The highest BCUT2D eigenvalue weighted by Crippen LogP contribution is 2.33. The summed E-state index contributed by atoms with van der Waals surface area (Å²) in [4.78, 5) is 25.4. The predicted octanol–water partition coefficient (Wildman–Crippen LogP) is 4.12. The largest absolute Gasteiger partial charge is 0.507 e. The lowest BCUT2D eigenvalue weighted by atomic mass is 10.1. The van der Waals surface area contributed by atoms with E-state index >= 15 is 0 Å². The summed E-state index contributed by atoms with van der Waals surface area (Å²) in [5.74, 6) is -1.92. The van der Waals surface area contributed by atoms with E-state index in [0.29, 0.717) is 15.6 Å². The molecule has 0 aliphatic carbocycles. The molecule has 0 spiro atoms. The van der Waals surface area contributed by atoms with E-state index in [1.54, 1.807) is 12.1 Å². The van der Waals surface area contributed by atoms with Crippen molar-refractivity contribution < 1.29 is 23.8 Å². The number of carbonyl (C=O) groups excluding carboxylic acids is 2. The van der Waals surface area contributed by atoms with Gasteiger partial charge in [-0.15, -0.1) is 11.3 Å². The smallest absolute Gasteiger partial charge is 0.280 e. The van der Waals surface area contributed by atoms with E-state index in [4.69, 9.17) is 4.74 Å². The number of hydrazine groups is 1. The van der Waals surface area contributed by atoms with Gasteiger partial charge in [-0.1, -0.05) is 30.3 Å². The van der Waals surface area contributed by atoms with Crippen LogP contribution in [-0.2, 0) is 11.3 Å². The lowest BCUT2D eigenvalue weighted by molar-refractivity contribution is 0.0845. The topological polar surface area (TPSA) is 87.7 Å². The van der Waals surface area contributed by atoms with E-state index in [1.807, 2.05) is 24.3 Å². The molecule has 2 amide bonds. The highest BCUT2D eigenvalue weighted by atomic mass is 32.1. The predicted molar refractivity (Wildman–Crippen MR) is 113 cm³/mol. The molecule has 4 rings (SSSR count). The molecule has 3 N–H and O–H groups in total. The fraction of sp³-hybridized carbons (Fsp3) is 0.0909. The Labute approximate surface area is 174 Å². The van der Waals surface area contributed by atoms with Crippen molar-refractivity contribution in [2.75, 3.05) is 7.11 Å². The SMILES string of the molecule is COCc1c(C(=O)NNC(=O)c2cc3ccccc3cc2O)sc2cccc(F)c12. The maximum absolute atomic E-state index is 14.3. The number of fused-ring (bicyclic) bond motifs is 2. The third-order valence-electron chi connectivity index (χ3n) is 4.66. The summed E-state index contributed by atoms with van der Waals surface area (Å²) in [6, 6.07) is 14.9. The highest BCUT2D eigenvalue weighted by molar-refractivity contribution is 7.21. The minimum atomic E-state index is -0.674. The van der Waals surface area contributed by atoms with Gasteiger partial charge in [0, 0.05) is 22.8 Å². The van der Waals surface area contributed by atoms with Crippen molar-refractivity contribution in [1.82, 2.24) is 10.9 Å². The van der Waals surface area contributed by atoms with Crippen molar-refractivity contribution in [3.63, 3.8) is 0 Å². The molecule has 30 heavy (non-hydrogen) atoms. The van der Waals surface area contributed by atoms with E-state index in [2.05, 4.69) is 10.9 Å². The average molecular weight is 424 g/mol. The first-order valence-corrected chi connectivity index (χ1v) is 9.82. The van der Waals surface area contributed by atoms with Crippen molar-refractivity contribution >= 4 is 44.0 Å². The van der Waals surface area contributed by atoms with Crippen LogP contribution in [-0.4, -0.2) is 24.0 Å². The normalized spacial score (nSPS) is 11.0. The van der Waals surface area contributed by atoms with E-state index in [1.165, 1.54) is 25.3 Å². The van der Waals surface area contributed by atoms with Crippen LogP contribution in [0.15, 0.2) is 54.6 Å². The molecule has 0 bridgehead atoms. The number of aromatic hydroxyl groups is 1. The third-order valence-corrected chi connectivity index (χ3v) is 5.85. The molecular formula is C22H17FN2O4S. The zero-order chi connectivity index (χ0) is 21.3. The molecule has 6 nitrogen and oxygen atoms in total. The fourth-order valence-electron chi connectivity index (χ4n) is 3.28. The third kappa shape index (κ3) is 3.58. The molecule has 0 radical (unpaired) electrons. The van der Waals surface area contributed by atoms with Gasteiger partial charge in [-0.2, -0.15) is 0 Å². The molecule has 152 valence electrons. The maximum atomic E-state index is 14.3. The Morgan fingerprint density at radius 2 is 1.73 bits per heavy atom. The van der Waals surface area contributed by atoms with Crippen LogP contribution >= 0.6 is 11.3 Å². The Bertz CT molecular complexity index is 1290. The summed E-state index contributed by atoms with van der Waals surface area (Å²) in [7, 11) is 1.45. The summed E-state index contributed by atoms with van der Waals surface area (Å²) < 4.78 is 20.0. The minimum Gasteiger partial charge on any atom is -0.507 e. The zero-order valence-electron chi connectivity index (χ0n) is 15.9. The number of rotatable bonds is 4. The number of hydrogen-bond acceptors (Lipinski definition) is 5. The molecule has 0 unspecified atom stereocenters. The number of carbonyl (C=O) groups is 2. The number of phenols is 1. The van der Waals surface area contributed by atoms with Gasteiger partial charge in [0.15, 0.2) is 0 Å². The van der Waals surface area contributed by atoms with Crippen LogP contribution < -0.4 is 10.9 Å². The summed E-state index contributed by atoms with van der Waals surface area (Å²) in [5, 5.41) is 12.1. The summed E-state index contributed by atoms with van der Waals surface area (Å²) >= 11 is 1.11. The molecule has 4 aromatic rings. The van der Waals surface area contributed by atoms with Crippen LogP contribution in [0.25, 0.3) is 20.9 Å². The van der Waals surface area contributed by atoms with Crippen LogP contribution in [0, 0.1) is 5.82 Å². The maximum Gasteiger partial charge on any atom is 0.280 e. The number of ether oxygens (including phenoxy) is 1. The van der Waals surface area contributed by atoms with Gasteiger partial charge in [-0.3, -0.25) is 20.4 Å².